The number of carbonyl (C=O) groups is 1. The number of rotatable bonds is 4. The van der Waals surface area contributed by atoms with Crippen LogP contribution in [0.25, 0.3) is 11.0 Å². The second kappa shape index (κ2) is 5.25. The number of nitrogens with one attached hydrogen (secondary N) is 1. The van der Waals surface area contributed by atoms with Gasteiger partial charge in [-0.3, -0.25) is 4.79 Å². The first-order valence-corrected chi connectivity index (χ1v) is 6.34. The summed E-state index contributed by atoms with van der Waals surface area (Å²) in [6, 6.07) is 7.36. The first-order chi connectivity index (χ1) is 8.59. The minimum absolute atomic E-state index is 0.0329. The van der Waals surface area contributed by atoms with Crippen LogP contribution >= 0.6 is 0 Å². The molecule has 0 unspecified atom stereocenters. The zero-order valence-corrected chi connectivity index (χ0v) is 11.1. The highest BCUT2D eigenvalue weighted by atomic mass is 16.3. The standard InChI is InChI=1S/C15H19NO2/c1-10(2)11(3)9-16-15(17)13-5-4-6-14-12(13)7-8-18-14/h4-8,10-11H,9H2,1-3H3,(H,16,17)/t11-/m0/s1. The maximum absolute atomic E-state index is 12.1. The second-order valence-electron chi connectivity index (χ2n) is 5.07. The molecule has 0 fully saturated rings. The first kappa shape index (κ1) is 12.7. The fourth-order valence-corrected chi connectivity index (χ4v) is 1.78. The number of carbonyl (C=O) groups excluding carboxylic acids is 1. The van der Waals surface area contributed by atoms with E-state index in [0.29, 0.717) is 23.9 Å². The van der Waals surface area contributed by atoms with E-state index in [1.165, 1.54) is 0 Å². The Morgan fingerprint density at radius 3 is 2.78 bits per heavy atom. The molecule has 3 heteroatoms. The first-order valence-electron chi connectivity index (χ1n) is 6.34. The van der Waals surface area contributed by atoms with E-state index in [4.69, 9.17) is 4.42 Å². The van der Waals surface area contributed by atoms with Crippen LogP contribution in [0.4, 0.5) is 0 Å². The highest BCUT2D eigenvalue weighted by Gasteiger charge is 2.13. The van der Waals surface area contributed by atoms with Crippen molar-refractivity contribution >= 4 is 16.9 Å². The molecule has 1 aromatic carbocycles. The van der Waals surface area contributed by atoms with Crippen molar-refractivity contribution in [2.24, 2.45) is 11.8 Å². The SMILES string of the molecule is CC(C)[C@@H](C)CNC(=O)c1cccc2occc12. The monoisotopic (exact) mass is 245 g/mol. The lowest BCUT2D eigenvalue weighted by Gasteiger charge is -2.16. The number of furan rings is 1. The number of amides is 1. The fourth-order valence-electron chi connectivity index (χ4n) is 1.78. The third-order valence-electron chi connectivity index (χ3n) is 3.46. The van der Waals surface area contributed by atoms with Crippen LogP contribution < -0.4 is 5.32 Å². The van der Waals surface area contributed by atoms with Gasteiger partial charge in [0.15, 0.2) is 0 Å². The molecule has 1 heterocycles. The summed E-state index contributed by atoms with van der Waals surface area (Å²) < 4.78 is 5.29. The molecule has 18 heavy (non-hydrogen) atoms. The van der Waals surface area contributed by atoms with Crippen LogP contribution in [0.15, 0.2) is 34.9 Å². The molecule has 96 valence electrons. The van der Waals surface area contributed by atoms with Crippen molar-refractivity contribution in [1.29, 1.82) is 0 Å². The molecule has 1 atom stereocenters. The summed E-state index contributed by atoms with van der Waals surface area (Å²) in [6.07, 6.45) is 1.61. The lowest BCUT2D eigenvalue weighted by molar-refractivity contribution is 0.0946. The van der Waals surface area contributed by atoms with Crippen LogP contribution in [-0.4, -0.2) is 12.5 Å². The third-order valence-corrected chi connectivity index (χ3v) is 3.46. The molecule has 1 amide bonds. The van der Waals surface area contributed by atoms with Gasteiger partial charge < -0.3 is 9.73 Å². The van der Waals surface area contributed by atoms with Crippen molar-refractivity contribution in [3.8, 4) is 0 Å². The summed E-state index contributed by atoms with van der Waals surface area (Å²) in [5, 5.41) is 3.85. The van der Waals surface area contributed by atoms with E-state index in [-0.39, 0.29) is 5.91 Å². The van der Waals surface area contributed by atoms with Crippen LogP contribution in [-0.2, 0) is 0 Å². The van der Waals surface area contributed by atoms with E-state index >= 15 is 0 Å². The number of hydrogen-bond acceptors (Lipinski definition) is 2. The van der Waals surface area contributed by atoms with E-state index in [1.807, 2.05) is 24.3 Å². The smallest absolute Gasteiger partial charge is 0.252 e. The normalized spacial score (nSPS) is 12.9. The third kappa shape index (κ3) is 2.55. The van der Waals surface area contributed by atoms with Gasteiger partial charge in [-0.15, -0.1) is 0 Å². The molecule has 0 bridgehead atoms. The van der Waals surface area contributed by atoms with Gasteiger partial charge in [0, 0.05) is 11.9 Å². The predicted octanol–water partition coefficient (Wildman–Crippen LogP) is 3.45. The van der Waals surface area contributed by atoms with Crippen LogP contribution in [0, 0.1) is 11.8 Å². The summed E-state index contributed by atoms with van der Waals surface area (Å²) >= 11 is 0. The molecule has 2 aromatic rings. The van der Waals surface area contributed by atoms with Crippen LogP contribution in [0.1, 0.15) is 31.1 Å². The molecule has 0 spiro atoms. The zero-order chi connectivity index (χ0) is 13.1. The molecule has 0 radical (unpaired) electrons. The van der Waals surface area contributed by atoms with Gasteiger partial charge in [0.1, 0.15) is 5.58 Å². The molecule has 2 rings (SSSR count). The lowest BCUT2D eigenvalue weighted by atomic mass is 9.98. The average Bonchev–Trinajstić information content (AvgIpc) is 2.83. The Morgan fingerprint density at radius 1 is 1.28 bits per heavy atom. The minimum Gasteiger partial charge on any atom is -0.464 e. The Hall–Kier alpha value is -1.77. The van der Waals surface area contributed by atoms with Gasteiger partial charge >= 0.3 is 0 Å². The van der Waals surface area contributed by atoms with E-state index in [1.54, 1.807) is 6.26 Å². The second-order valence-corrected chi connectivity index (χ2v) is 5.07. The summed E-state index contributed by atoms with van der Waals surface area (Å²) in [6.45, 7) is 7.16. The molecule has 1 N–H and O–H groups in total. The van der Waals surface area contributed by atoms with Crippen LogP contribution in [0.2, 0.25) is 0 Å². The Balaban J connectivity index is 2.12. The average molecular weight is 245 g/mol. The van der Waals surface area contributed by atoms with Gasteiger partial charge in [0.2, 0.25) is 0 Å². The summed E-state index contributed by atoms with van der Waals surface area (Å²) in [7, 11) is 0. The fraction of sp³-hybridized carbons (Fsp3) is 0.400. The Morgan fingerprint density at radius 2 is 2.06 bits per heavy atom. The Bertz CT molecular complexity index is 542. The molecule has 3 nitrogen and oxygen atoms in total. The van der Waals surface area contributed by atoms with Crippen molar-refractivity contribution in [3.63, 3.8) is 0 Å². The van der Waals surface area contributed by atoms with Crippen molar-refractivity contribution in [1.82, 2.24) is 5.32 Å². The molecular formula is C15H19NO2. The van der Waals surface area contributed by atoms with Crippen LogP contribution in [0.3, 0.4) is 0 Å². The van der Waals surface area contributed by atoms with Gasteiger partial charge in [-0.05, 0) is 30.0 Å². The maximum atomic E-state index is 12.1. The summed E-state index contributed by atoms with van der Waals surface area (Å²) in [5.41, 5.74) is 1.43. The zero-order valence-electron chi connectivity index (χ0n) is 11.1. The van der Waals surface area contributed by atoms with Gasteiger partial charge in [0.25, 0.3) is 5.91 Å². The Labute approximate surface area is 107 Å². The summed E-state index contributed by atoms with van der Waals surface area (Å²) in [5.74, 6) is 1.00. The molecule has 0 aliphatic carbocycles. The maximum Gasteiger partial charge on any atom is 0.252 e. The molecule has 0 aliphatic rings. The number of benzene rings is 1. The van der Waals surface area contributed by atoms with E-state index in [9.17, 15) is 4.79 Å². The van der Waals surface area contributed by atoms with Crippen molar-refractivity contribution in [2.75, 3.05) is 6.54 Å². The van der Waals surface area contributed by atoms with Crippen molar-refractivity contribution in [3.05, 3.63) is 36.1 Å². The number of hydrogen-bond donors (Lipinski definition) is 1. The van der Waals surface area contributed by atoms with Gasteiger partial charge in [-0.25, -0.2) is 0 Å². The van der Waals surface area contributed by atoms with Crippen molar-refractivity contribution in [2.45, 2.75) is 20.8 Å². The lowest BCUT2D eigenvalue weighted by Crippen LogP contribution is -2.30. The topological polar surface area (TPSA) is 42.2 Å². The van der Waals surface area contributed by atoms with Gasteiger partial charge in [-0.2, -0.15) is 0 Å². The van der Waals surface area contributed by atoms with E-state index in [2.05, 4.69) is 26.1 Å². The highest BCUT2D eigenvalue weighted by Crippen LogP contribution is 2.19. The minimum atomic E-state index is -0.0329. The van der Waals surface area contributed by atoms with Crippen molar-refractivity contribution < 1.29 is 9.21 Å². The summed E-state index contributed by atoms with van der Waals surface area (Å²) in [4.78, 5) is 12.1. The quantitative estimate of drug-likeness (QED) is 0.896. The largest absolute Gasteiger partial charge is 0.464 e. The molecule has 0 aliphatic heterocycles. The van der Waals surface area contributed by atoms with Crippen LogP contribution in [0.5, 0.6) is 0 Å². The van der Waals surface area contributed by atoms with E-state index in [0.717, 1.165) is 11.0 Å². The number of fused-ring (bicyclic) bond motifs is 1. The molecule has 0 saturated heterocycles. The molecular weight excluding hydrogens is 226 g/mol. The predicted molar refractivity (Wildman–Crippen MR) is 72.5 cm³/mol. The molecule has 0 saturated carbocycles. The highest BCUT2D eigenvalue weighted by molar-refractivity contribution is 6.05. The molecule has 1 aromatic heterocycles. The Kier molecular flexibility index (Phi) is 3.70. The van der Waals surface area contributed by atoms with E-state index < -0.39 is 0 Å². The van der Waals surface area contributed by atoms with Gasteiger partial charge in [-0.1, -0.05) is 26.8 Å². The van der Waals surface area contributed by atoms with Gasteiger partial charge in [0.05, 0.1) is 11.8 Å².